The highest BCUT2D eigenvalue weighted by Gasteiger charge is 2.09. The first kappa shape index (κ1) is 36.3. The number of phenolic OH excluding ortho intramolecular Hbond substituents is 2. The topological polar surface area (TPSA) is 40.5 Å². The van der Waals surface area contributed by atoms with Crippen molar-refractivity contribution < 1.29 is 10.2 Å². The Morgan fingerprint density at radius 2 is 0.756 bits per heavy atom. The summed E-state index contributed by atoms with van der Waals surface area (Å²) in [5.74, 6) is 0.683. The van der Waals surface area contributed by atoms with Crippen LogP contribution in [0.15, 0.2) is 46.2 Å². The maximum atomic E-state index is 10.4. The van der Waals surface area contributed by atoms with Gasteiger partial charge in [-0.3, -0.25) is 0 Å². The summed E-state index contributed by atoms with van der Waals surface area (Å²) in [6.45, 7) is 4.55. The van der Waals surface area contributed by atoms with Crippen LogP contribution in [0.5, 0.6) is 11.5 Å². The second-order valence-corrected chi connectivity index (χ2v) is 15.7. The normalized spacial score (nSPS) is 11.4. The lowest BCUT2D eigenvalue weighted by Crippen LogP contribution is -1.88. The molecule has 0 aromatic heterocycles. The second kappa shape index (κ2) is 24.5. The molecule has 2 nitrogen and oxygen atoms in total. The van der Waals surface area contributed by atoms with Crippen LogP contribution in [0.2, 0.25) is 0 Å². The number of aromatic hydroxyl groups is 2. The molecule has 0 amide bonds. The standard InChI is InChI=1S/C36H58O2S3/c1-3-5-7-9-11-13-15-17-19-21-23-31-25-27-33(37)35(29-31)39-41-40-36-30-32(26-28-34(36)38)24-22-20-18-16-14-12-10-8-6-4-2/h25-30,37-38H,3-24H2,1-2H3. The zero-order valence-electron chi connectivity index (χ0n) is 26.1. The molecule has 0 bridgehead atoms. The second-order valence-electron chi connectivity index (χ2n) is 11.7. The van der Waals surface area contributed by atoms with Gasteiger partial charge in [0.1, 0.15) is 11.5 Å². The van der Waals surface area contributed by atoms with Gasteiger partial charge in [-0.25, -0.2) is 0 Å². The van der Waals surface area contributed by atoms with Gasteiger partial charge in [-0.1, -0.05) is 142 Å². The fraction of sp³-hybridized carbons (Fsp3) is 0.667. The summed E-state index contributed by atoms with van der Waals surface area (Å²) in [5.41, 5.74) is 2.61. The molecule has 0 aliphatic heterocycles. The Morgan fingerprint density at radius 1 is 0.439 bits per heavy atom. The lowest BCUT2D eigenvalue weighted by molar-refractivity contribution is 0.461. The summed E-state index contributed by atoms with van der Waals surface area (Å²) in [4.78, 5) is 1.82. The van der Waals surface area contributed by atoms with Crippen molar-refractivity contribution in [3.8, 4) is 11.5 Å². The van der Waals surface area contributed by atoms with E-state index in [9.17, 15) is 10.2 Å². The lowest BCUT2D eigenvalue weighted by Gasteiger charge is -2.09. The lowest BCUT2D eigenvalue weighted by atomic mass is 10.0. The Labute approximate surface area is 264 Å². The average Bonchev–Trinajstić information content (AvgIpc) is 2.98. The van der Waals surface area contributed by atoms with Crippen molar-refractivity contribution in [3.05, 3.63) is 47.5 Å². The molecule has 0 unspecified atom stereocenters. The predicted molar refractivity (Wildman–Crippen MR) is 187 cm³/mol. The van der Waals surface area contributed by atoms with Crippen molar-refractivity contribution in [2.24, 2.45) is 0 Å². The van der Waals surface area contributed by atoms with Crippen LogP contribution in [0, 0.1) is 0 Å². The summed E-state index contributed by atoms with van der Waals surface area (Å²) in [7, 11) is 4.77. The van der Waals surface area contributed by atoms with E-state index in [1.807, 2.05) is 12.1 Å². The van der Waals surface area contributed by atoms with Gasteiger partial charge in [0.25, 0.3) is 0 Å². The highest BCUT2D eigenvalue weighted by Crippen LogP contribution is 2.49. The molecular weight excluding hydrogens is 561 g/mol. The number of hydrogen-bond acceptors (Lipinski definition) is 5. The minimum atomic E-state index is 0.342. The van der Waals surface area contributed by atoms with Crippen molar-refractivity contribution in [1.29, 1.82) is 0 Å². The van der Waals surface area contributed by atoms with Gasteiger partial charge < -0.3 is 10.2 Å². The Morgan fingerprint density at radius 3 is 1.10 bits per heavy atom. The molecule has 0 atom stereocenters. The third kappa shape index (κ3) is 17.7. The van der Waals surface area contributed by atoms with E-state index in [0.29, 0.717) is 11.5 Å². The molecule has 2 aromatic rings. The minimum Gasteiger partial charge on any atom is -0.507 e. The summed E-state index contributed by atoms with van der Waals surface area (Å²) in [6, 6.07) is 12.1. The third-order valence-corrected chi connectivity index (χ3v) is 11.8. The van der Waals surface area contributed by atoms with Crippen molar-refractivity contribution in [1.82, 2.24) is 0 Å². The number of hydrogen-bond donors (Lipinski definition) is 2. The highest BCUT2D eigenvalue weighted by molar-refractivity contribution is 9.09. The van der Waals surface area contributed by atoms with Gasteiger partial charge in [0.2, 0.25) is 0 Å². The maximum Gasteiger partial charge on any atom is 0.130 e. The van der Waals surface area contributed by atoms with Crippen molar-refractivity contribution in [3.63, 3.8) is 0 Å². The Kier molecular flexibility index (Phi) is 21.7. The molecule has 41 heavy (non-hydrogen) atoms. The number of unbranched alkanes of at least 4 members (excludes halogenated alkanes) is 18. The van der Waals surface area contributed by atoms with Crippen LogP contribution in [0.1, 0.15) is 153 Å². The molecule has 0 aliphatic carbocycles. The number of benzene rings is 2. The van der Waals surface area contributed by atoms with Crippen LogP contribution in [-0.2, 0) is 12.8 Å². The molecule has 0 radical (unpaired) electrons. The first-order valence-electron chi connectivity index (χ1n) is 16.8. The maximum absolute atomic E-state index is 10.4. The van der Waals surface area contributed by atoms with Gasteiger partial charge in [0, 0.05) is 0 Å². The van der Waals surface area contributed by atoms with Gasteiger partial charge in [-0.05, 0) is 92.5 Å². The molecule has 0 aliphatic rings. The molecule has 5 heteroatoms. The Balaban J connectivity index is 1.63. The van der Waals surface area contributed by atoms with Crippen molar-refractivity contribution in [2.75, 3.05) is 0 Å². The quantitative estimate of drug-likeness (QED) is 0.0810. The largest absolute Gasteiger partial charge is 0.507 e. The van der Waals surface area contributed by atoms with E-state index in [0.717, 1.165) is 22.6 Å². The van der Waals surface area contributed by atoms with E-state index in [4.69, 9.17) is 0 Å². The van der Waals surface area contributed by atoms with Crippen LogP contribution in [0.25, 0.3) is 0 Å². The number of rotatable bonds is 26. The first-order valence-corrected chi connectivity index (χ1v) is 20.3. The summed E-state index contributed by atoms with van der Waals surface area (Å²) in [6.07, 6.45) is 29.2. The van der Waals surface area contributed by atoms with E-state index >= 15 is 0 Å². The highest BCUT2D eigenvalue weighted by atomic mass is 33.5. The first-order chi connectivity index (χ1) is 20.1. The molecule has 0 saturated carbocycles. The Hall–Kier alpha value is -0.910. The molecule has 0 fully saturated rings. The van der Waals surface area contributed by atoms with E-state index < -0.39 is 0 Å². The third-order valence-electron chi connectivity index (χ3n) is 7.93. The van der Waals surface area contributed by atoms with Gasteiger partial charge in [0.05, 0.1) is 9.79 Å². The van der Waals surface area contributed by atoms with E-state index in [1.54, 1.807) is 31.4 Å². The zero-order chi connectivity index (χ0) is 29.4. The van der Waals surface area contributed by atoms with E-state index in [1.165, 1.54) is 140 Å². The molecule has 2 N–H and O–H groups in total. The monoisotopic (exact) mass is 618 g/mol. The molecule has 0 heterocycles. The van der Waals surface area contributed by atoms with E-state index in [2.05, 4.69) is 38.1 Å². The summed E-state index contributed by atoms with van der Waals surface area (Å²) >= 11 is 0. The summed E-state index contributed by atoms with van der Waals surface area (Å²) < 4.78 is 0. The predicted octanol–water partition coefficient (Wildman–Crippen LogP) is 13.5. The summed E-state index contributed by atoms with van der Waals surface area (Å²) in [5, 5.41) is 20.8. The molecule has 0 saturated heterocycles. The number of aryl methyl sites for hydroxylation is 2. The number of phenols is 2. The average molecular weight is 619 g/mol. The van der Waals surface area contributed by atoms with Crippen LogP contribution >= 0.6 is 31.4 Å². The van der Waals surface area contributed by atoms with Gasteiger partial charge in [-0.15, -0.1) is 0 Å². The van der Waals surface area contributed by atoms with Crippen LogP contribution in [-0.4, -0.2) is 10.2 Å². The van der Waals surface area contributed by atoms with Crippen LogP contribution < -0.4 is 0 Å². The van der Waals surface area contributed by atoms with Crippen LogP contribution in [0.4, 0.5) is 0 Å². The van der Waals surface area contributed by atoms with Crippen molar-refractivity contribution >= 4 is 31.4 Å². The molecule has 0 spiro atoms. The van der Waals surface area contributed by atoms with Gasteiger partial charge in [-0.2, -0.15) is 0 Å². The fourth-order valence-corrected chi connectivity index (χ4v) is 9.14. The fourth-order valence-electron chi connectivity index (χ4n) is 5.29. The molecule has 2 rings (SSSR count). The SMILES string of the molecule is CCCCCCCCCCCCc1ccc(O)c(SSSc2cc(CCCCCCCCCCCC)ccc2O)c1. The molecular formula is C36H58O2S3. The smallest absolute Gasteiger partial charge is 0.130 e. The minimum absolute atomic E-state index is 0.342. The van der Waals surface area contributed by atoms with Crippen LogP contribution in [0.3, 0.4) is 0 Å². The zero-order valence-corrected chi connectivity index (χ0v) is 28.6. The molecule has 2 aromatic carbocycles. The van der Waals surface area contributed by atoms with Crippen molar-refractivity contribution in [2.45, 2.75) is 165 Å². The Bertz CT molecular complexity index is 844. The molecule has 232 valence electrons. The van der Waals surface area contributed by atoms with Gasteiger partial charge in [0.15, 0.2) is 0 Å². The van der Waals surface area contributed by atoms with Gasteiger partial charge >= 0.3 is 0 Å². The van der Waals surface area contributed by atoms with E-state index in [-0.39, 0.29) is 0 Å².